The molecule has 3 N–H and O–H groups in total. The number of hydrogen-bond acceptors (Lipinski definition) is 3. The molecule has 0 bridgehead atoms. The number of piperidine rings is 1. The van der Waals surface area contributed by atoms with Crippen molar-refractivity contribution in [3.8, 4) is 0 Å². The van der Waals surface area contributed by atoms with Crippen molar-refractivity contribution in [3.05, 3.63) is 0 Å². The first-order valence-electron chi connectivity index (χ1n) is 8.09. The maximum absolute atomic E-state index is 12.2. The van der Waals surface area contributed by atoms with E-state index < -0.39 is 0 Å². The molecule has 1 rings (SSSR count). The number of rotatable bonds is 5. The molecule has 1 fully saturated rings. The van der Waals surface area contributed by atoms with E-state index in [4.69, 9.17) is 5.73 Å². The van der Waals surface area contributed by atoms with Crippen molar-refractivity contribution < 1.29 is 9.59 Å². The highest BCUT2D eigenvalue weighted by molar-refractivity contribution is 5.82. The van der Waals surface area contributed by atoms with Gasteiger partial charge in [0.25, 0.3) is 0 Å². The summed E-state index contributed by atoms with van der Waals surface area (Å²) in [6.07, 6.45) is 3.46. The molecule has 21 heavy (non-hydrogen) atoms. The Morgan fingerprint density at radius 1 is 1.29 bits per heavy atom. The summed E-state index contributed by atoms with van der Waals surface area (Å²) in [5.74, 6) is 0.183. The molecule has 5 nitrogen and oxygen atoms in total. The van der Waals surface area contributed by atoms with E-state index in [2.05, 4.69) is 12.2 Å². The van der Waals surface area contributed by atoms with E-state index in [1.807, 2.05) is 25.7 Å². The quantitative estimate of drug-likeness (QED) is 0.808. The van der Waals surface area contributed by atoms with Crippen LogP contribution in [0.3, 0.4) is 0 Å². The molecule has 0 saturated carbocycles. The van der Waals surface area contributed by atoms with E-state index in [9.17, 15) is 9.59 Å². The molecule has 1 saturated heterocycles. The summed E-state index contributed by atoms with van der Waals surface area (Å²) in [6.45, 7) is 9.75. The van der Waals surface area contributed by atoms with Crippen molar-refractivity contribution >= 4 is 11.8 Å². The van der Waals surface area contributed by atoms with E-state index >= 15 is 0 Å². The third-order valence-electron chi connectivity index (χ3n) is 4.06. The first-order chi connectivity index (χ1) is 9.79. The molecule has 122 valence electrons. The van der Waals surface area contributed by atoms with Crippen molar-refractivity contribution in [3.63, 3.8) is 0 Å². The van der Waals surface area contributed by atoms with Gasteiger partial charge in [-0.3, -0.25) is 9.59 Å². The standard InChI is InChI=1S/C16H31N3O2/c1-5-6-12(11-17)14(20)18-13-7-9-19(10-8-13)15(21)16(2,3)4/h12-13H,5-11,17H2,1-4H3,(H,18,20). The molecule has 1 aliphatic heterocycles. The van der Waals surface area contributed by atoms with Crippen LogP contribution in [0.15, 0.2) is 0 Å². The fourth-order valence-corrected chi connectivity index (χ4v) is 2.72. The zero-order valence-electron chi connectivity index (χ0n) is 13.9. The summed E-state index contributed by atoms with van der Waals surface area (Å²) < 4.78 is 0. The monoisotopic (exact) mass is 297 g/mol. The molecule has 1 aliphatic rings. The maximum atomic E-state index is 12.2. The number of amides is 2. The lowest BCUT2D eigenvalue weighted by molar-refractivity contribution is -0.140. The highest BCUT2D eigenvalue weighted by Gasteiger charge is 2.31. The molecule has 0 aromatic rings. The van der Waals surface area contributed by atoms with Gasteiger partial charge in [-0.25, -0.2) is 0 Å². The third kappa shape index (κ3) is 5.30. The van der Waals surface area contributed by atoms with Crippen molar-refractivity contribution in [2.75, 3.05) is 19.6 Å². The van der Waals surface area contributed by atoms with E-state index in [1.165, 1.54) is 0 Å². The largest absolute Gasteiger partial charge is 0.353 e. The van der Waals surface area contributed by atoms with Crippen LogP contribution < -0.4 is 11.1 Å². The van der Waals surface area contributed by atoms with Crippen LogP contribution >= 0.6 is 0 Å². The summed E-state index contributed by atoms with van der Waals surface area (Å²) >= 11 is 0. The van der Waals surface area contributed by atoms with Crippen LogP contribution in [0.2, 0.25) is 0 Å². The first-order valence-corrected chi connectivity index (χ1v) is 8.09. The highest BCUT2D eigenvalue weighted by Crippen LogP contribution is 2.21. The molecule has 1 heterocycles. The predicted molar refractivity (Wildman–Crippen MR) is 84.7 cm³/mol. The Morgan fingerprint density at radius 3 is 2.29 bits per heavy atom. The van der Waals surface area contributed by atoms with Gasteiger partial charge in [0.2, 0.25) is 11.8 Å². The van der Waals surface area contributed by atoms with Gasteiger partial charge < -0.3 is 16.0 Å². The molecule has 0 aliphatic carbocycles. The summed E-state index contributed by atoms with van der Waals surface area (Å²) in [7, 11) is 0. The number of hydrogen-bond donors (Lipinski definition) is 2. The molecular formula is C16H31N3O2. The van der Waals surface area contributed by atoms with Gasteiger partial charge in [-0.1, -0.05) is 34.1 Å². The second-order valence-electron chi connectivity index (χ2n) is 7.05. The lowest BCUT2D eigenvalue weighted by Gasteiger charge is -2.36. The number of nitrogens with one attached hydrogen (secondary N) is 1. The lowest BCUT2D eigenvalue weighted by atomic mass is 9.92. The number of likely N-dealkylation sites (tertiary alicyclic amines) is 1. The van der Waals surface area contributed by atoms with Crippen molar-refractivity contribution in [1.29, 1.82) is 0 Å². The average Bonchev–Trinajstić information content (AvgIpc) is 2.43. The SMILES string of the molecule is CCCC(CN)C(=O)NC1CCN(C(=O)C(C)(C)C)CC1. The number of carbonyl (C=O) groups is 2. The van der Waals surface area contributed by atoms with E-state index in [0.717, 1.165) is 38.8 Å². The zero-order valence-corrected chi connectivity index (χ0v) is 13.9. The minimum atomic E-state index is -0.331. The Labute approximate surface area is 128 Å². The molecule has 1 atom stereocenters. The Kier molecular flexibility index (Phi) is 6.65. The molecule has 0 aromatic carbocycles. The molecular weight excluding hydrogens is 266 g/mol. The lowest BCUT2D eigenvalue weighted by Crippen LogP contribution is -2.50. The number of carbonyl (C=O) groups excluding carboxylic acids is 2. The van der Waals surface area contributed by atoms with Crippen molar-refractivity contribution in [1.82, 2.24) is 10.2 Å². The Hall–Kier alpha value is -1.10. The summed E-state index contributed by atoms with van der Waals surface area (Å²) in [4.78, 5) is 26.3. The summed E-state index contributed by atoms with van der Waals surface area (Å²) in [6, 6.07) is 0.174. The highest BCUT2D eigenvalue weighted by atomic mass is 16.2. The van der Waals surface area contributed by atoms with Crippen molar-refractivity contribution in [2.45, 2.75) is 59.4 Å². The summed E-state index contributed by atoms with van der Waals surface area (Å²) in [5, 5.41) is 3.10. The average molecular weight is 297 g/mol. The van der Waals surface area contributed by atoms with Crippen LogP contribution in [0.5, 0.6) is 0 Å². The van der Waals surface area contributed by atoms with Gasteiger partial charge in [-0.05, 0) is 19.3 Å². The first kappa shape index (κ1) is 18.0. The minimum absolute atomic E-state index is 0.0694. The zero-order chi connectivity index (χ0) is 16.0. The topological polar surface area (TPSA) is 75.4 Å². The second-order valence-corrected chi connectivity index (χ2v) is 7.05. The van der Waals surface area contributed by atoms with Crippen LogP contribution in [-0.4, -0.2) is 42.4 Å². The maximum Gasteiger partial charge on any atom is 0.227 e. The van der Waals surface area contributed by atoms with Gasteiger partial charge in [0.1, 0.15) is 0 Å². The van der Waals surface area contributed by atoms with Gasteiger partial charge in [0, 0.05) is 31.1 Å². The summed E-state index contributed by atoms with van der Waals surface area (Å²) in [5.41, 5.74) is 5.33. The van der Waals surface area contributed by atoms with E-state index in [0.29, 0.717) is 6.54 Å². The van der Waals surface area contributed by atoms with E-state index in [-0.39, 0.29) is 29.2 Å². The fraction of sp³-hybridized carbons (Fsp3) is 0.875. The Balaban J connectivity index is 2.43. The van der Waals surface area contributed by atoms with Gasteiger partial charge in [0.05, 0.1) is 5.92 Å². The van der Waals surface area contributed by atoms with Crippen LogP contribution in [0.25, 0.3) is 0 Å². The molecule has 0 spiro atoms. The minimum Gasteiger partial charge on any atom is -0.353 e. The van der Waals surface area contributed by atoms with Gasteiger partial charge in [0.15, 0.2) is 0 Å². The number of nitrogens with zero attached hydrogens (tertiary/aromatic N) is 1. The number of nitrogens with two attached hydrogens (primary N) is 1. The smallest absolute Gasteiger partial charge is 0.227 e. The van der Waals surface area contributed by atoms with Crippen LogP contribution in [0, 0.1) is 11.3 Å². The van der Waals surface area contributed by atoms with Crippen LogP contribution in [-0.2, 0) is 9.59 Å². The molecule has 0 radical (unpaired) electrons. The second kappa shape index (κ2) is 7.78. The van der Waals surface area contributed by atoms with Crippen LogP contribution in [0.4, 0.5) is 0 Å². The predicted octanol–water partition coefficient (Wildman–Crippen LogP) is 1.51. The van der Waals surface area contributed by atoms with Crippen LogP contribution in [0.1, 0.15) is 53.4 Å². The third-order valence-corrected chi connectivity index (χ3v) is 4.06. The molecule has 5 heteroatoms. The Morgan fingerprint density at radius 2 is 1.86 bits per heavy atom. The molecule has 0 aromatic heterocycles. The van der Waals surface area contributed by atoms with Gasteiger partial charge in [-0.2, -0.15) is 0 Å². The molecule has 1 unspecified atom stereocenters. The van der Waals surface area contributed by atoms with Gasteiger partial charge in [-0.15, -0.1) is 0 Å². The fourth-order valence-electron chi connectivity index (χ4n) is 2.72. The van der Waals surface area contributed by atoms with Crippen molar-refractivity contribution in [2.24, 2.45) is 17.1 Å². The Bertz CT molecular complexity index is 355. The normalized spacial score (nSPS) is 18.4. The van der Waals surface area contributed by atoms with E-state index in [1.54, 1.807) is 0 Å². The molecule has 2 amide bonds. The van der Waals surface area contributed by atoms with Gasteiger partial charge >= 0.3 is 0 Å².